The SMILES string of the molecule is CCOC(=O)c1cccc(C(=O)N2CCCC2)n1. The van der Waals surface area contributed by atoms with E-state index in [0.29, 0.717) is 12.3 Å². The van der Waals surface area contributed by atoms with Crippen LogP contribution in [-0.4, -0.2) is 41.5 Å². The van der Waals surface area contributed by atoms with Gasteiger partial charge in [-0.3, -0.25) is 4.79 Å². The van der Waals surface area contributed by atoms with Crippen LogP contribution in [0.5, 0.6) is 0 Å². The first-order chi connectivity index (χ1) is 8.72. The average molecular weight is 248 g/mol. The van der Waals surface area contributed by atoms with Crippen LogP contribution in [0, 0.1) is 0 Å². The fourth-order valence-electron chi connectivity index (χ4n) is 1.95. The van der Waals surface area contributed by atoms with E-state index in [0.717, 1.165) is 25.9 Å². The molecule has 0 aliphatic carbocycles. The molecule has 0 radical (unpaired) electrons. The van der Waals surface area contributed by atoms with E-state index in [1.165, 1.54) is 0 Å². The number of rotatable bonds is 3. The van der Waals surface area contributed by atoms with E-state index >= 15 is 0 Å². The fourth-order valence-corrected chi connectivity index (χ4v) is 1.95. The maximum absolute atomic E-state index is 12.1. The zero-order valence-electron chi connectivity index (χ0n) is 10.4. The predicted molar refractivity (Wildman–Crippen MR) is 65.3 cm³/mol. The average Bonchev–Trinajstić information content (AvgIpc) is 2.92. The maximum atomic E-state index is 12.1. The Kier molecular flexibility index (Phi) is 3.92. The van der Waals surface area contributed by atoms with E-state index in [1.54, 1.807) is 30.0 Å². The molecule has 0 unspecified atom stereocenters. The van der Waals surface area contributed by atoms with Crippen molar-refractivity contribution in [1.29, 1.82) is 0 Å². The normalized spacial score (nSPS) is 14.6. The van der Waals surface area contributed by atoms with E-state index in [4.69, 9.17) is 4.74 Å². The number of carbonyl (C=O) groups excluding carboxylic acids is 2. The second-order valence-electron chi connectivity index (χ2n) is 4.13. The molecule has 5 nitrogen and oxygen atoms in total. The van der Waals surface area contributed by atoms with Crippen molar-refractivity contribution >= 4 is 11.9 Å². The highest BCUT2D eigenvalue weighted by atomic mass is 16.5. The van der Waals surface area contributed by atoms with Gasteiger partial charge in [-0.05, 0) is 31.9 Å². The summed E-state index contributed by atoms with van der Waals surface area (Å²) < 4.78 is 4.86. The summed E-state index contributed by atoms with van der Waals surface area (Å²) in [4.78, 5) is 29.5. The summed E-state index contributed by atoms with van der Waals surface area (Å²) in [7, 11) is 0. The third-order valence-corrected chi connectivity index (χ3v) is 2.85. The summed E-state index contributed by atoms with van der Waals surface area (Å²) in [6, 6.07) is 4.84. The van der Waals surface area contributed by atoms with Gasteiger partial charge in [0.05, 0.1) is 6.61 Å². The molecule has 0 aromatic carbocycles. The second-order valence-corrected chi connectivity index (χ2v) is 4.13. The highest BCUT2D eigenvalue weighted by molar-refractivity contribution is 5.94. The molecule has 96 valence electrons. The molecule has 1 fully saturated rings. The van der Waals surface area contributed by atoms with Gasteiger partial charge < -0.3 is 9.64 Å². The Labute approximate surface area is 106 Å². The van der Waals surface area contributed by atoms with Crippen LogP contribution in [0.1, 0.15) is 40.7 Å². The monoisotopic (exact) mass is 248 g/mol. The van der Waals surface area contributed by atoms with Crippen molar-refractivity contribution in [3.8, 4) is 0 Å². The van der Waals surface area contributed by atoms with Gasteiger partial charge in [-0.15, -0.1) is 0 Å². The highest BCUT2D eigenvalue weighted by Crippen LogP contribution is 2.12. The van der Waals surface area contributed by atoms with Crippen LogP contribution in [0.15, 0.2) is 18.2 Å². The number of nitrogens with zero attached hydrogens (tertiary/aromatic N) is 2. The Hall–Kier alpha value is -1.91. The molecule has 1 aromatic heterocycles. The van der Waals surface area contributed by atoms with Crippen LogP contribution < -0.4 is 0 Å². The minimum atomic E-state index is -0.492. The molecule has 0 N–H and O–H groups in total. The number of hydrogen-bond acceptors (Lipinski definition) is 4. The van der Waals surface area contributed by atoms with Crippen molar-refractivity contribution in [2.75, 3.05) is 19.7 Å². The van der Waals surface area contributed by atoms with Crippen molar-refractivity contribution in [3.05, 3.63) is 29.6 Å². The lowest BCUT2D eigenvalue weighted by Gasteiger charge is -2.14. The van der Waals surface area contributed by atoms with Gasteiger partial charge in [0.2, 0.25) is 0 Å². The first-order valence-electron chi connectivity index (χ1n) is 6.16. The minimum Gasteiger partial charge on any atom is -0.461 e. The maximum Gasteiger partial charge on any atom is 0.356 e. The molecular formula is C13H16N2O3. The third-order valence-electron chi connectivity index (χ3n) is 2.85. The molecule has 1 saturated heterocycles. The number of hydrogen-bond donors (Lipinski definition) is 0. The topological polar surface area (TPSA) is 59.5 Å². The van der Waals surface area contributed by atoms with E-state index < -0.39 is 5.97 Å². The van der Waals surface area contributed by atoms with Crippen LogP contribution in [-0.2, 0) is 4.74 Å². The first kappa shape index (κ1) is 12.5. The van der Waals surface area contributed by atoms with E-state index in [-0.39, 0.29) is 11.6 Å². The molecule has 2 rings (SSSR count). The van der Waals surface area contributed by atoms with E-state index in [2.05, 4.69) is 4.98 Å². The zero-order valence-corrected chi connectivity index (χ0v) is 10.4. The van der Waals surface area contributed by atoms with Gasteiger partial charge >= 0.3 is 5.97 Å². The third kappa shape index (κ3) is 2.67. The number of pyridine rings is 1. The molecular weight excluding hydrogens is 232 g/mol. The Morgan fingerprint density at radius 1 is 1.28 bits per heavy atom. The number of amides is 1. The van der Waals surface area contributed by atoms with E-state index in [9.17, 15) is 9.59 Å². The number of likely N-dealkylation sites (tertiary alicyclic amines) is 1. The first-order valence-corrected chi connectivity index (χ1v) is 6.16. The van der Waals surface area contributed by atoms with Crippen LogP contribution in [0.2, 0.25) is 0 Å². The quantitative estimate of drug-likeness (QED) is 0.760. The standard InChI is InChI=1S/C13H16N2O3/c1-2-18-13(17)11-7-5-6-10(14-11)12(16)15-8-3-4-9-15/h5-7H,2-4,8-9H2,1H3. The molecule has 2 heterocycles. The van der Waals surface area contributed by atoms with Gasteiger partial charge in [-0.1, -0.05) is 6.07 Å². The molecule has 1 aliphatic heterocycles. The van der Waals surface area contributed by atoms with Crippen LogP contribution in [0.3, 0.4) is 0 Å². The summed E-state index contributed by atoms with van der Waals surface area (Å²) in [6.45, 7) is 3.57. The molecule has 1 aliphatic rings. The molecule has 0 spiro atoms. The summed E-state index contributed by atoms with van der Waals surface area (Å²) >= 11 is 0. The Bertz CT molecular complexity index is 453. The second kappa shape index (κ2) is 5.62. The summed E-state index contributed by atoms with van der Waals surface area (Å²) in [5, 5.41) is 0. The minimum absolute atomic E-state index is 0.112. The zero-order chi connectivity index (χ0) is 13.0. The lowest BCUT2D eigenvalue weighted by Crippen LogP contribution is -2.28. The van der Waals surface area contributed by atoms with Crippen molar-refractivity contribution in [2.45, 2.75) is 19.8 Å². The molecule has 0 bridgehead atoms. The lowest BCUT2D eigenvalue weighted by molar-refractivity contribution is 0.0519. The van der Waals surface area contributed by atoms with Gasteiger partial charge in [0, 0.05) is 13.1 Å². The molecule has 0 atom stereocenters. The molecule has 1 amide bonds. The number of ether oxygens (including phenoxy) is 1. The summed E-state index contributed by atoms with van der Waals surface area (Å²) in [6.07, 6.45) is 2.06. The van der Waals surface area contributed by atoms with Crippen LogP contribution >= 0.6 is 0 Å². The van der Waals surface area contributed by atoms with Gasteiger partial charge in [0.25, 0.3) is 5.91 Å². The summed E-state index contributed by atoms with van der Waals surface area (Å²) in [5.74, 6) is -0.604. The van der Waals surface area contributed by atoms with E-state index in [1.807, 2.05) is 0 Å². The van der Waals surface area contributed by atoms with Crippen LogP contribution in [0.25, 0.3) is 0 Å². The van der Waals surface area contributed by atoms with Gasteiger partial charge in [-0.2, -0.15) is 0 Å². The molecule has 0 saturated carbocycles. The largest absolute Gasteiger partial charge is 0.461 e. The molecule has 5 heteroatoms. The van der Waals surface area contributed by atoms with Gasteiger partial charge in [0.1, 0.15) is 11.4 Å². The Balaban J connectivity index is 2.16. The lowest BCUT2D eigenvalue weighted by atomic mass is 10.2. The fraction of sp³-hybridized carbons (Fsp3) is 0.462. The van der Waals surface area contributed by atoms with Crippen molar-refractivity contribution < 1.29 is 14.3 Å². The van der Waals surface area contributed by atoms with Crippen molar-refractivity contribution in [3.63, 3.8) is 0 Å². The number of aromatic nitrogens is 1. The molecule has 18 heavy (non-hydrogen) atoms. The number of carbonyl (C=O) groups is 2. The number of esters is 1. The Morgan fingerprint density at radius 2 is 1.94 bits per heavy atom. The predicted octanol–water partition coefficient (Wildman–Crippen LogP) is 1.49. The van der Waals surface area contributed by atoms with Crippen molar-refractivity contribution in [2.24, 2.45) is 0 Å². The van der Waals surface area contributed by atoms with Crippen LogP contribution in [0.4, 0.5) is 0 Å². The summed E-state index contributed by atoms with van der Waals surface area (Å²) in [5.41, 5.74) is 0.490. The van der Waals surface area contributed by atoms with Gasteiger partial charge in [-0.25, -0.2) is 9.78 Å². The molecule has 1 aromatic rings. The highest BCUT2D eigenvalue weighted by Gasteiger charge is 2.21. The Morgan fingerprint density at radius 3 is 2.61 bits per heavy atom. The smallest absolute Gasteiger partial charge is 0.356 e. The van der Waals surface area contributed by atoms with Gasteiger partial charge in [0.15, 0.2) is 0 Å². The van der Waals surface area contributed by atoms with Crippen molar-refractivity contribution in [1.82, 2.24) is 9.88 Å².